The summed E-state index contributed by atoms with van der Waals surface area (Å²) in [5.41, 5.74) is -1.44. The lowest BCUT2D eigenvalue weighted by molar-refractivity contribution is -0.166. The van der Waals surface area contributed by atoms with Crippen molar-refractivity contribution in [2.45, 2.75) is 59.8 Å². The Hall–Kier alpha value is -1.57. The van der Waals surface area contributed by atoms with E-state index in [4.69, 9.17) is 9.47 Å². The highest BCUT2D eigenvalue weighted by atomic mass is 16.5. The first-order valence-corrected chi connectivity index (χ1v) is 7.79. The zero-order chi connectivity index (χ0) is 16.3. The zero-order valence-electron chi connectivity index (χ0n) is 13.6. The van der Waals surface area contributed by atoms with Crippen molar-refractivity contribution in [3.8, 4) is 6.07 Å². The third kappa shape index (κ3) is 5.04. The van der Waals surface area contributed by atoms with Gasteiger partial charge in [-0.25, -0.2) is 0 Å². The molecule has 120 valence electrons. The molecule has 0 amide bonds. The normalized spacial score (nSPS) is 14.6. The van der Waals surface area contributed by atoms with Crippen LogP contribution < -0.4 is 0 Å². The summed E-state index contributed by atoms with van der Waals surface area (Å²) in [6, 6.07) is 2.07. The van der Waals surface area contributed by atoms with Gasteiger partial charge in [0, 0.05) is 0 Å². The molecule has 0 aliphatic heterocycles. The predicted octanol–water partition coefficient (Wildman–Crippen LogP) is 3.23. The van der Waals surface area contributed by atoms with E-state index in [1.54, 1.807) is 20.8 Å². The van der Waals surface area contributed by atoms with Crippen LogP contribution >= 0.6 is 0 Å². The third-order valence-electron chi connectivity index (χ3n) is 3.59. The summed E-state index contributed by atoms with van der Waals surface area (Å²) in [4.78, 5) is 24.5. The van der Waals surface area contributed by atoms with Crippen LogP contribution in [0.1, 0.15) is 59.8 Å². The molecule has 0 heterocycles. The third-order valence-corrected chi connectivity index (χ3v) is 3.59. The van der Waals surface area contributed by atoms with Gasteiger partial charge in [-0.15, -0.1) is 0 Å². The number of nitriles is 1. The fourth-order valence-electron chi connectivity index (χ4n) is 2.47. The monoisotopic (exact) mass is 297 g/mol. The van der Waals surface area contributed by atoms with Crippen molar-refractivity contribution in [1.82, 2.24) is 0 Å². The van der Waals surface area contributed by atoms with Crippen LogP contribution in [0.5, 0.6) is 0 Å². The molecule has 0 aromatic carbocycles. The van der Waals surface area contributed by atoms with Crippen LogP contribution in [0.4, 0.5) is 0 Å². The molecule has 2 atom stereocenters. The van der Waals surface area contributed by atoms with Crippen molar-refractivity contribution >= 4 is 11.9 Å². The van der Waals surface area contributed by atoms with E-state index in [9.17, 15) is 14.9 Å². The van der Waals surface area contributed by atoms with Gasteiger partial charge in [0.15, 0.2) is 5.41 Å². The molecule has 0 radical (unpaired) electrons. The standard InChI is InChI=1S/C16H27NO4/c1-5-9-10-11-16(12-17,15(19)21-8-4)13(6-2)14(18)20-7-3/h13H,5-11H2,1-4H3. The molecule has 0 saturated carbocycles. The molecule has 0 N–H and O–H groups in total. The van der Waals surface area contributed by atoms with E-state index in [0.29, 0.717) is 19.3 Å². The fourth-order valence-corrected chi connectivity index (χ4v) is 2.47. The summed E-state index contributed by atoms with van der Waals surface area (Å²) in [6.45, 7) is 7.65. The van der Waals surface area contributed by atoms with Gasteiger partial charge >= 0.3 is 11.9 Å². The van der Waals surface area contributed by atoms with E-state index < -0.39 is 23.3 Å². The molecule has 0 saturated heterocycles. The Labute approximate surface area is 127 Å². The Morgan fingerprint density at radius 1 is 1.10 bits per heavy atom. The number of nitrogens with zero attached hydrogens (tertiary/aromatic N) is 1. The van der Waals surface area contributed by atoms with Crippen LogP contribution in [-0.2, 0) is 19.1 Å². The molecule has 0 aliphatic rings. The Morgan fingerprint density at radius 3 is 2.14 bits per heavy atom. The average molecular weight is 297 g/mol. The smallest absolute Gasteiger partial charge is 0.327 e. The molecule has 5 nitrogen and oxygen atoms in total. The number of carbonyl (C=O) groups excluding carboxylic acids is 2. The van der Waals surface area contributed by atoms with Crippen molar-refractivity contribution in [1.29, 1.82) is 5.26 Å². The number of unbranched alkanes of at least 4 members (excludes halogenated alkanes) is 2. The number of hydrogen-bond acceptors (Lipinski definition) is 5. The minimum Gasteiger partial charge on any atom is -0.466 e. The minimum atomic E-state index is -1.44. The fraction of sp³-hybridized carbons (Fsp3) is 0.812. The van der Waals surface area contributed by atoms with Gasteiger partial charge < -0.3 is 9.47 Å². The molecule has 21 heavy (non-hydrogen) atoms. The summed E-state index contributed by atoms with van der Waals surface area (Å²) in [5, 5.41) is 9.63. The molecule has 0 bridgehead atoms. The van der Waals surface area contributed by atoms with E-state index in [0.717, 1.165) is 12.8 Å². The van der Waals surface area contributed by atoms with E-state index in [-0.39, 0.29) is 13.2 Å². The Bertz CT molecular complexity index is 375. The highest BCUT2D eigenvalue weighted by Gasteiger charge is 2.50. The summed E-state index contributed by atoms with van der Waals surface area (Å²) >= 11 is 0. The van der Waals surface area contributed by atoms with Crippen molar-refractivity contribution in [3.63, 3.8) is 0 Å². The van der Waals surface area contributed by atoms with E-state index >= 15 is 0 Å². The number of esters is 2. The molecular formula is C16H27NO4. The van der Waals surface area contributed by atoms with Crippen LogP contribution in [0.2, 0.25) is 0 Å². The largest absolute Gasteiger partial charge is 0.466 e. The van der Waals surface area contributed by atoms with Crippen molar-refractivity contribution in [3.05, 3.63) is 0 Å². The van der Waals surface area contributed by atoms with Gasteiger partial charge in [0.05, 0.1) is 25.2 Å². The van der Waals surface area contributed by atoms with Gasteiger partial charge in [-0.05, 0) is 26.7 Å². The van der Waals surface area contributed by atoms with Gasteiger partial charge in [-0.2, -0.15) is 5.26 Å². The maximum Gasteiger partial charge on any atom is 0.327 e. The lowest BCUT2D eigenvalue weighted by atomic mass is 9.71. The predicted molar refractivity (Wildman–Crippen MR) is 79.2 cm³/mol. The van der Waals surface area contributed by atoms with Gasteiger partial charge in [-0.1, -0.05) is 33.1 Å². The van der Waals surface area contributed by atoms with Crippen LogP contribution in [0.15, 0.2) is 0 Å². The second-order valence-corrected chi connectivity index (χ2v) is 4.97. The second-order valence-electron chi connectivity index (χ2n) is 4.97. The highest BCUT2D eigenvalue weighted by Crippen LogP contribution is 2.38. The van der Waals surface area contributed by atoms with Crippen molar-refractivity contribution < 1.29 is 19.1 Å². The zero-order valence-corrected chi connectivity index (χ0v) is 13.6. The molecular weight excluding hydrogens is 270 g/mol. The lowest BCUT2D eigenvalue weighted by Crippen LogP contribution is -2.43. The SMILES string of the molecule is CCCCCC(C#N)(C(=O)OCC)C(CC)C(=O)OCC. The van der Waals surface area contributed by atoms with Gasteiger partial charge in [0.2, 0.25) is 0 Å². The molecule has 0 aliphatic carbocycles. The molecule has 2 unspecified atom stereocenters. The summed E-state index contributed by atoms with van der Waals surface area (Å²) in [7, 11) is 0. The lowest BCUT2D eigenvalue weighted by Gasteiger charge is -2.30. The summed E-state index contributed by atoms with van der Waals surface area (Å²) in [5.74, 6) is -1.88. The Morgan fingerprint density at radius 2 is 1.71 bits per heavy atom. The average Bonchev–Trinajstić information content (AvgIpc) is 2.47. The van der Waals surface area contributed by atoms with Crippen molar-refractivity contribution in [2.75, 3.05) is 13.2 Å². The second kappa shape index (κ2) is 10.2. The van der Waals surface area contributed by atoms with E-state index in [1.807, 2.05) is 6.92 Å². The summed E-state index contributed by atoms with van der Waals surface area (Å²) < 4.78 is 10.1. The first kappa shape index (κ1) is 19.4. The van der Waals surface area contributed by atoms with Gasteiger partial charge in [-0.3, -0.25) is 9.59 Å². The van der Waals surface area contributed by atoms with Gasteiger partial charge in [0.25, 0.3) is 0 Å². The number of ether oxygens (including phenoxy) is 2. The van der Waals surface area contributed by atoms with E-state index in [2.05, 4.69) is 6.07 Å². The van der Waals surface area contributed by atoms with Crippen LogP contribution in [0.3, 0.4) is 0 Å². The molecule has 0 aromatic heterocycles. The van der Waals surface area contributed by atoms with Crippen LogP contribution in [-0.4, -0.2) is 25.2 Å². The number of carbonyl (C=O) groups is 2. The maximum absolute atomic E-state index is 12.3. The number of rotatable bonds is 10. The Balaban J connectivity index is 5.45. The topological polar surface area (TPSA) is 76.4 Å². The Kier molecular flexibility index (Phi) is 9.44. The molecule has 0 rings (SSSR count). The first-order chi connectivity index (χ1) is 10.0. The van der Waals surface area contributed by atoms with Crippen LogP contribution in [0.25, 0.3) is 0 Å². The summed E-state index contributed by atoms with van der Waals surface area (Å²) in [6.07, 6.45) is 3.28. The first-order valence-electron chi connectivity index (χ1n) is 7.79. The van der Waals surface area contributed by atoms with E-state index in [1.165, 1.54) is 0 Å². The van der Waals surface area contributed by atoms with Gasteiger partial charge in [0.1, 0.15) is 0 Å². The molecule has 0 aromatic rings. The number of hydrogen-bond donors (Lipinski definition) is 0. The minimum absolute atomic E-state index is 0.190. The quantitative estimate of drug-likeness (QED) is 0.457. The molecule has 5 heteroatoms. The van der Waals surface area contributed by atoms with Crippen LogP contribution in [0, 0.1) is 22.7 Å². The molecule has 0 spiro atoms. The molecule has 0 fully saturated rings. The maximum atomic E-state index is 12.3. The van der Waals surface area contributed by atoms with Crippen molar-refractivity contribution in [2.24, 2.45) is 11.3 Å². The highest BCUT2D eigenvalue weighted by molar-refractivity contribution is 5.88.